The molecule has 24 heavy (non-hydrogen) atoms. The van der Waals surface area contributed by atoms with Gasteiger partial charge in [-0.1, -0.05) is 23.2 Å². The number of hydrogen-bond acceptors (Lipinski definition) is 5. The van der Waals surface area contributed by atoms with Gasteiger partial charge < -0.3 is 5.32 Å². The second kappa shape index (κ2) is 6.83. The zero-order chi connectivity index (χ0) is 17.3. The summed E-state index contributed by atoms with van der Waals surface area (Å²) in [7, 11) is -3.61. The number of rotatable bonds is 4. The molecule has 1 unspecified atom stereocenters. The Morgan fingerprint density at radius 1 is 1.25 bits per heavy atom. The van der Waals surface area contributed by atoms with Gasteiger partial charge in [-0.3, -0.25) is 9.79 Å². The Hall–Kier alpha value is -1.42. The predicted octanol–water partition coefficient (Wildman–Crippen LogP) is 1.24. The molecule has 1 amide bonds. The number of carbonyl (C=O) groups is 1. The molecule has 0 spiro atoms. The van der Waals surface area contributed by atoms with E-state index in [1.165, 1.54) is 27.1 Å². The number of carbonyl (C=O) groups excluding carboxylic acids is 1. The SMILES string of the molecule is O=C(Nc1cc(Cl)nc(Cl)c1)C1CCN(S(=O)(=O)N2C=NCC2)C1. The zero-order valence-electron chi connectivity index (χ0n) is 12.5. The van der Waals surface area contributed by atoms with Crippen LogP contribution >= 0.6 is 23.2 Å². The number of nitrogens with one attached hydrogen (secondary N) is 1. The van der Waals surface area contributed by atoms with Crippen LogP contribution in [-0.2, 0) is 15.0 Å². The first-order valence-corrected chi connectivity index (χ1v) is 9.42. The quantitative estimate of drug-likeness (QED) is 0.780. The molecule has 0 aromatic carbocycles. The Morgan fingerprint density at radius 3 is 2.58 bits per heavy atom. The van der Waals surface area contributed by atoms with Crippen LogP contribution in [0.25, 0.3) is 0 Å². The molecule has 3 heterocycles. The number of nitrogens with zero attached hydrogens (tertiary/aromatic N) is 4. The van der Waals surface area contributed by atoms with Gasteiger partial charge in [0.25, 0.3) is 0 Å². The number of halogens is 2. The number of amides is 1. The number of pyridine rings is 1. The van der Waals surface area contributed by atoms with Crippen molar-refractivity contribution in [2.75, 3.05) is 31.5 Å². The molecule has 11 heteroatoms. The van der Waals surface area contributed by atoms with Crippen LogP contribution in [0.5, 0.6) is 0 Å². The first-order chi connectivity index (χ1) is 11.4. The van der Waals surface area contributed by atoms with Gasteiger partial charge >= 0.3 is 10.2 Å². The van der Waals surface area contributed by atoms with Crippen LogP contribution in [0.3, 0.4) is 0 Å². The largest absolute Gasteiger partial charge is 0.326 e. The monoisotopic (exact) mass is 391 g/mol. The molecule has 1 N–H and O–H groups in total. The highest BCUT2D eigenvalue weighted by Gasteiger charge is 2.38. The Balaban J connectivity index is 1.64. The molecule has 1 fully saturated rings. The highest BCUT2D eigenvalue weighted by Crippen LogP contribution is 2.24. The van der Waals surface area contributed by atoms with Gasteiger partial charge in [-0.2, -0.15) is 12.7 Å². The molecule has 1 saturated heterocycles. The third-order valence-corrected chi connectivity index (χ3v) is 6.08. The highest BCUT2D eigenvalue weighted by atomic mass is 35.5. The van der Waals surface area contributed by atoms with Crippen LogP contribution in [0.15, 0.2) is 17.1 Å². The number of aliphatic imine (C=N–C) groups is 1. The molecular weight excluding hydrogens is 377 g/mol. The van der Waals surface area contributed by atoms with Crippen LogP contribution in [0.4, 0.5) is 5.69 Å². The van der Waals surface area contributed by atoms with Crippen molar-refractivity contribution in [2.45, 2.75) is 6.42 Å². The average molecular weight is 392 g/mol. The van der Waals surface area contributed by atoms with Crippen molar-refractivity contribution < 1.29 is 13.2 Å². The molecule has 2 aliphatic heterocycles. The maximum Gasteiger partial charge on any atom is 0.304 e. The molecule has 3 rings (SSSR count). The number of anilines is 1. The maximum absolute atomic E-state index is 12.4. The lowest BCUT2D eigenvalue weighted by atomic mass is 10.1. The van der Waals surface area contributed by atoms with Gasteiger partial charge in [-0.25, -0.2) is 9.29 Å². The second-order valence-corrected chi connectivity index (χ2v) is 8.13. The Bertz CT molecular complexity index is 766. The van der Waals surface area contributed by atoms with Crippen LogP contribution in [0, 0.1) is 5.92 Å². The Kier molecular flexibility index (Phi) is 4.95. The summed E-state index contributed by atoms with van der Waals surface area (Å²) in [5, 5.41) is 3.03. The minimum absolute atomic E-state index is 0.130. The van der Waals surface area contributed by atoms with E-state index in [4.69, 9.17) is 23.2 Å². The molecular formula is C13H15Cl2N5O3S. The summed E-state index contributed by atoms with van der Waals surface area (Å²) < 4.78 is 27.4. The topological polar surface area (TPSA) is 95.0 Å². The first-order valence-electron chi connectivity index (χ1n) is 7.27. The van der Waals surface area contributed by atoms with E-state index in [1.54, 1.807) is 0 Å². The summed E-state index contributed by atoms with van der Waals surface area (Å²) in [4.78, 5) is 20.1. The Morgan fingerprint density at radius 2 is 1.96 bits per heavy atom. The molecule has 1 aromatic rings. The summed E-state index contributed by atoms with van der Waals surface area (Å²) in [5.74, 6) is -0.717. The molecule has 0 saturated carbocycles. The predicted molar refractivity (Wildman–Crippen MR) is 91.6 cm³/mol. The average Bonchev–Trinajstić information content (AvgIpc) is 3.18. The molecule has 0 radical (unpaired) electrons. The van der Waals surface area contributed by atoms with Crippen molar-refractivity contribution in [3.63, 3.8) is 0 Å². The lowest BCUT2D eigenvalue weighted by Crippen LogP contribution is -2.41. The first kappa shape index (κ1) is 17.4. The van der Waals surface area contributed by atoms with Gasteiger partial charge in [0, 0.05) is 18.8 Å². The van der Waals surface area contributed by atoms with Crippen LogP contribution in [0.1, 0.15) is 6.42 Å². The van der Waals surface area contributed by atoms with E-state index in [0.717, 1.165) is 0 Å². The van der Waals surface area contributed by atoms with Gasteiger partial charge in [0.15, 0.2) is 0 Å². The summed E-state index contributed by atoms with van der Waals surface area (Å²) in [5.41, 5.74) is 0.429. The van der Waals surface area contributed by atoms with Gasteiger partial charge in [-0.05, 0) is 18.6 Å². The lowest BCUT2D eigenvalue weighted by molar-refractivity contribution is -0.119. The third kappa shape index (κ3) is 3.64. The van der Waals surface area contributed by atoms with E-state index < -0.39 is 16.1 Å². The molecule has 130 valence electrons. The standard InChI is InChI=1S/C13H15Cl2N5O3S/c14-11-5-10(6-12(15)18-11)17-13(21)9-1-3-19(7-9)24(22,23)20-4-2-16-8-20/h5-6,8-9H,1-4,7H2,(H,17,18,21). The van der Waals surface area contributed by atoms with E-state index in [2.05, 4.69) is 15.3 Å². The second-order valence-electron chi connectivity index (χ2n) is 5.47. The molecule has 0 aliphatic carbocycles. The molecule has 0 bridgehead atoms. The Labute approximate surface area is 149 Å². The molecule has 2 aliphatic rings. The fourth-order valence-corrected chi connectivity index (χ4v) is 4.58. The van der Waals surface area contributed by atoms with Crippen molar-refractivity contribution in [1.82, 2.24) is 13.6 Å². The summed E-state index contributed by atoms with van der Waals surface area (Å²) in [6.45, 7) is 1.22. The summed E-state index contributed by atoms with van der Waals surface area (Å²) in [6, 6.07) is 2.96. The van der Waals surface area contributed by atoms with Gasteiger partial charge in [-0.15, -0.1) is 0 Å². The highest BCUT2D eigenvalue weighted by molar-refractivity contribution is 7.87. The number of aromatic nitrogens is 1. The van der Waals surface area contributed by atoms with Crippen LogP contribution in [0.2, 0.25) is 10.3 Å². The fraction of sp³-hybridized carbons (Fsp3) is 0.462. The van der Waals surface area contributed by atoms with Crippen molar-refractivity contribution in [3.8, 4) is 0 Å². The van der Waals surface area contributed by atoms with Crippen LogP contribution < -0.4 is 5.32 Å². The fourth-order valence-electron chi connectivity index (χ4n) is 2.62. The molecule has 1 atom stereocenters. The van der Waals surface area contributed by atoms with Crippen molar-refractivity contribution in [1.29, 1.82) is 0 Å². The van der Waals surface area contributed by atoms with Crippen LogP contribution in [-0.4, -0.2) is 60.4 Å². The third-order valence-electron chi connectivity index (χ3n) is 3.83. The summed E-state index contributed by atoms with van der Waals surface area (Å²) >= 11 is 11.6. The summed E-state index contributed by atoms with van der Waals surface area (Å²) in [6.07, 6.45) is 1.77. The van der Waals surface area contributed by atoms with E-state index >= 15 is 0 Å². The van der Waals surface area contributed by atoms with Crippen molar-refractivity contribution in [3.05, 3.63) is 22.4 Å². The van der Waals surface area contributed by atoms with E-state index in [-0.39, 0.29) is 22.8 Å². The van der Waals surface area contributed by atoms with Gasteiger partial charge in [0.2, 0.25) is 5.91 Å². The van der Waals surface area contributed by atoms with Gasteiger partial charge in [0.05, 0.1) is 19.0 Å². The van der Waals surface area contributed by atoms with E-state index in [1.807, 2.05) is 0 Å². The minimum Gasteiger partial charge on any atom is -0.326 e. The van der Waals surface area contributed by atoms with Crippen molar-refractivity contribution in [2.24, 2.45) is 10.9 Å². The molecule has 1 aromatic heterocycles. The van der Waals surface area contributed by atoms with E-state index in [0.29, 0.717) is 31.7 Å². The maximum atomic E-state index is 12.4. The molecule has 8 nitrogen and oxygen atoms in total. The normalized spacial score (nSPS) is 21.4. The lowest BCUT2D eigenvalue weighted by Gasteiger charge is -2.22. The minimum atomic E-state index is -3.61. The smallest absolute Gasteiger partial charge is 0.304 e. The van der Waals surface area contributed by atoms with Gasteiger partial charge in [0.1, 0.15) is 16.6 Å². The number of hydrogen-bond donors (Lipinski definition) is 1. The van der Waals surface area contributed by atoms with Crippen molar-refractivity contribution >= 4 is 51.3 Å². The zero-order valence-corrected chi connectivity index (χ0v) is 14.9. The van der Waals surface area contributed by atoms with E-state index in [9.17, 15) is 13.2 Å².